The van der Waals surface area contributed by atoms with E-state index in [2.05, 4.69) is 15.5 Å². The van der Waals surface area contributed by atoms with Crippen LogP contribution in [0.4, 0.5) is 0 Å². The van der Waals surface area contributed by atoms with Gasteiger partial charge in [0, 0.05) is 6.42 Å². The van der Waals surface area contributed by atoms with Gasteiger partial charge in [0.2, 0.25) is 0 Å². The number of carboxylic acid groups (broad SMARTS) is 1. The van der Waals surface area contributed by atoms with Gasteiger partial charge in [0.1, 0.15) is 0 Å². The molecule has 0 aliphatic rings. The Balaban J connectivity index is 2.30. The second kappa shape index (κ2) is 5.70. The van der Waals surface area contributed by atoms with Gasteiger partial charge in [-0.2, -0.15) is 11.3 Å². The summed E-state index contributed by atoms with van der Waals surface area (Å²) in [5.74, 6) is -0.147. The largest absolute Gasteiger partial charge is 0.481 e. The van der Waals surface area contributed by atoms with Crippen molar-refractivity contribution in [3.05, 3.63) is 28.2 Å². The fraction of sp³-hybridized carbons (Fsp3) is 0.538. The fourth-order valence-corrected chi connectivity index (χ4v) is 2.74. The van der Waals surface area contributed by atoms with E-state index in [1.807, 2.05) is 37.6 Å². The molecule has 0 saturated carbocycles. The first kappa shape index (κ1) is 14.6. The van der Waals surface area contributed by atoms with E-state index in [9.17, 15) is 4.79 Å². The van der Waals surface area contributed by atoms with Crippen molar-refractivity contribution in [2.45, 2.75) is 39.7 Å². The molecule has 6 nitrogen and oxygen atoms in total. The molecule has 20 heavy (non-hydrogen) atoms. The summed E-state index contributed by atoms with van der Waals surface area (Å²) in [6.45, 7) is 5.99. The van der Waals surface area contributed by atoms with Gasteiger partial charge in [0.25, 0.3) is 0 Å². The third-order valence-corrected chi connectivity index (χ3v) is 3.90. The molecule has 0 fully saturated rings. The maximum absolute atomic E-state index is 11.1. The lowest BCUT2D eigenvalue weighted by Gasteiger charge is -2.29. The van der Waals surface area contributed by atoms with Crippen molar-refractivity contribution in [2.24, 2.45) is 5.41 Å². The number of tetrazole rings is 1. The van der Waals surface area contributed by atoms with Crippen molar-refractivity contribution in [1.29, 1.82) is 0 Å². The van der Waals surface area contributed by atoms with Crippen molar-refractivity contribution in [2.75, 3.05) is 0 Å². The molecule has 2 aromatic heterocycles. The summed E-state index contributed by atoms with van der Waals surface area (Å²) in [4.78, 5) is 11.1. The predicted octanol–water partition coefficient (Wildman–Crippen LogP) is 2.39. The monoisotopic (exact) mass is 294 g/mol. The smallest absolute Gasteiger partial charge is 0.305 e. The number of carboxylic acids is 1. The number of hydrogen-bond donors (Lipinski definition) is 1. The Morgan fingerprint density at radius 2 is 2.25 bits per heavy atom. The number of aromatic nitrogens is 4. The van der Waals surface area contributed by atoms with Gasteiger partial charge in [-0.15, -0.1) is 5.10 Å². The van der Waals surface area contributed by atoms with Crippen LogP contribution in [0.3, 0.4) is 0 Å². The zero-order chi connectivity index (χ0) is 14.8. The first-order valence-corrected chi connectivity index (χ1v) is 7.32. The standard InChI is InChI=1S/C13H18N4O2S/c1-13(2,3)10(7-12(18)19)17-11(14-15-16-17)6-9-4-5-20-8-9/h4-5,8,10H,6-7H2,1-3H3,(H,18,19). The van der Waals surface area contributed by atoms with E-state index in [-0.39, 0.29) is 17.9 Å². The Kier molecular flexibility index (Phi) is 4.17. The highest BCUT2D eigenvalue weighted by Gasteiger charge is 2.31. The molecular weight excluding hydrogens is 276 g/mol. The molecular formula is C13H18N4O2S. The summed E-state index contributed by atoms with van der Waals surface area (Å²) in [7, 11) is 0. The van der Waals surface area contributed by atoms with Gasteiger partial charge in [-0.1, -0.05) is 20.8 Å². The maximum atomic E-state index is 11.1. The first-order valence-electron chi connectivity index (χ1n) is 6.37. The number of carbonyl (C=O) groups is 1. The third kappa shape index (κ3) is 3.41. The number of nitrogens with zero attached hydrogens (tertiary/aromatic N) is 4. The molecule has 2 heterocycles. The molecule has 0 bridgehead atoms. The fourth-order valence-electron chi connectivity index (χ4n) is 2.07. The first-order chi connectivity index (χ1) is 9.38. The Bertz CT molecular complexity index is 571. The molecule has 1 unspecified atom stereocenters. The molecule has 2 rings (SSSR count). The van der Waals surface area contributed by atoms with E-state index in [1.54, 1.807) is 16.0 Å². The highest BCUT2D eigenvalue weighted by Crippen LogP contribution is 2.33. The highest BCUT2D eigenvalue weighted by atomic mass is 32.1. The van der Waals surface area contributed by atoms with E-state index in [4.69, 9.17) is 5.11 Å². The van der Waals surface area contributed by atoms with E-state index >= 15 is 0 Å². The normalized spacial score (nSPS) is 13.3. The molecule has 1 N–H and O–H groups in total. The number of rotatable bonds is 5. The summed E-state index contributed by atoms with van der Waals surface area (Å²) in [5.41, 5.74) is 0.894. The summed E-state index contributed by atoms with van der Waals surface area (Å²) < 4.78 is 1.66. The summed E-state index contributed by atoms with van der Waals surface area (Å²) in [5, 5.41) is 24.9. The molecule has 0 amide bonds. The second-order valence-corrected chi connectivity index (χ2v) is 6.61. The lowest BCUT2D eigenvalue weighted by atomic mass is 9.84. The van der Waals surface area contributed by atoms with Crippen molar-refractivity contribution >= 4 is 17.3 Å². The van der Waals surface area contributed by atoms with Gasteiger partial charge >= 0.3 is 5.97 Å². The minimum Gasteiger partial charge on any atom is -0.481 e. The van der Waals surface area contributed by atoms with Crippen LogP contribution in [0.2, 0.25) is 0 Å². The minimum absolute atomic E-state index is 0.00514. The summed E-state index contributed by atoms with van der Waals surface area (Å²) in [6, 6.07) is 1.75. The quantitative estimate of drug-likeness (QED) is 0.915. The van der Waals surface area contributed by atoms with E-state index < -0.39 is 5.97 Å². The van der Waals surface area contributed by atoms with Gasteiger partial charge in [-0.05, 0) is 38.2 Å². The molecule has 0 spiro atoms. The van der Waals surface area contributed by atoms with Gasteiger partial charge in [0.15, 0.2) is 5.82 Å². The number of thiophene rings is 1. The van der Waals surface area contributed by atoms with Crippen molar-refractivity contribution in [1.82, 2.24) is 20.2 Å². The lowest BCUT2D eigenvalue weighted by molar-refractivity contribution is -0.138. The van der Waals surface area contributed by atoms with Crippen molar-refractivity contribution < 1.29 is 9.90 Å². The second-order valence-electron chi connectivity index (χ2n) is 5.83. The van der Waals surface area contributed by atoms with Crippen LogP contribution in [0.25, 0.3) is 0 Å². The minimum atomic E-state index is -0.845. The molecule has 108 valence electrons. The molecule has 2 aromatic rings. The summed E-state index contributed by atoms with van der Waals surface area (Å²) in [6.07, 6.45) is 0.619. The Hall–Kier alpha value is -1.76. The molecule has 0 radical (unpaired) electrons. The van der Waals surface area contributed by atoms with Gasteiger partial charge in [0.05, 0.1) is 12.5 Å². The van der Waals surface area contributed by atoms with Crippen molar-refractivity contribution in [3.63, 3.8) is 0 Å². The lowest BCUT2D eigenvalue weighted by Crippen LogP contribution is -2.29. The highest BCUT2D eigenvalue weighted by molar-refractivity contribution is 7.07. The van der Waals surface area contributed by atoms with Crippen molar-refractivity contribution in [3.8, 4) is 0 Å². The number of hydrogen-bond acceptors (Lipinski definition) is 5. The average Bonchev–Trinajstić information content (AvgIpc) is 2.96. The van der Waals surface area contributed by atoms with Crippen LogP contribution in [-0.2, 0) is 11.2 Å². The van der Waals surface area contributed by atoms with Gasteiger partial charge in [-0.25, -0.2) is 4.68 Å². The molecule has 7 heteroatoms. The maximum Gasteiger partial charge on any atom is 0.305 e. The van der Waals surface area contributed by atoms with Crippen LogP contribution in [0, 0.1) is 5.41 Å². The summed E-state index contributed by atoms with van der Waals surface area (Å²) >= 11 is 1.62. The average molecular weight is 294 g/mol. The van der Waals surface area contributed by atoms with E-state index in [0.717, 1.165) is 5.56 Å². The zero-order valence-corrected chi connectivity index (χ0v) is 12.6. The number of aliphatic carboxylic acids is 1. The molecule has 0 aromatic carbocycles. The van der Waals surface area contributed by atoms with Crippen LogP contribution in [0.1, 0.15) is 44.6 Å². The Labute approximate surface area is 121 Å². The SMILES string of the molecule is CC(C)(C)C(CC(=O)O)n1nnnc1Cc1ccsc1. The topological polar surface area (TPSA) is 80.9 Å². The molecule has 1 atom stereocenters. The predicted molar refractivity (Wildman–Crippen MR) is 75.7 cm³/mol. The molecule has 0 aliphatic carbocycles. The zero-order valence-electron chi connectivity index (χ0n) is 11.8. The van der Waals surface area contributed by atoms with Crippen LogP contribution in [0.5, 0.6) is 0 Å². The van der Waals surface area contributed by atoms with Crippen LogP contribution < -0.4 is 0 Å². The van der Waals surface area contributed by atoms with E-state index in [0.29, 0.717) is 12.2 Å². The van der Waals surface area contributed by atoms with Crippen LogP contribution >= 0.6 is 11.3 Å². The van der Waals surface area contributed by atoms with E-state index in [1.165, 1.54) is 0 Å². The Morgan fingerprint density at radius 1 is 1.50 bits per heavy atom. The molecule has 0 saturated heterocycles. The van der Waals surface area contributed by atoms with Gasteiger partial charge in [-0.3, -0.25) is 4.79 Å². The molecule has 0 aliphatic heterocycles. The third-order valence-electron chi connectivity index (χ3n) is 3.17. The van der Waals surface area contributed by atoms with Crippen LogP contribution in [-0.4, -0.2) is 31.3 Å². The van der Waals surface area contributed by atoms with Crippen LogP contribution in [0.15, 0.2) is 16.8 Å². The van der Waals surface area contributed by atoms with Gasteiger partial charge < -0.3 is 5.11 Å². The Morgan fingerprint density at radius 3 is 2.80 bits per heavy atom.